The molecule has 2 aromatic carbocycles. The van der Waals surface area contributed by atoms with Gasteiger partial charge in [-0.15, -0.1) is 0 Å². The first kappa shape index (κ1) is 28.7. The highest BCUT2D eigenvalue weighted by Crippen LogP contribution is 2.41. The molecule has 3 rings (SSSR count). The number of carbonyl (C=O) groups is 2. The number of hydrogen-bond acceptors (Lipinski definition) is 5. The Morgan fingerprint density at radius 1 is 1.05 bits per heavy atom. The summed E-state index contributed by atoms with van der Waals surface area (Å²) in [5.74, 6) is -1.02. The third-order valence-electron chi connectivity index (χ3n) is 6.91. The van der Waals surface area contributed by atoms with Gasteiger partial charge in [-0.3, -0.25) is 9.59 Å². The number of ether oxygens (including phenoxy) is 1. The molecule has 0 aliphatic carbocycles. The molecule has 1 heterocycles. The minimum atomic E-state index is -0.685. The zero-order chi connectivity index (χ0) is 27.3. The van der Waals surface area contributed by atoms with Crippen LogP contribution >= 0.6 is 11.6 Å². The van der Waals surface area contributed by atoms with Crippen LogP contribution in [0.15, 0.2) is 48.0 Å². The van der Waals surface area contributed by atoms with E-state index < -0.39 is 17.7 Å². The summed E-state index contributed by atoms with van der Waals surface area (Å²) in [6.45, 7) is 16.0. The molecule has 1 fully saturated rings. The highest BCUT2D eigenvalue weighted by atomic mass is 35.5. The van der Waals surface area contributed by atoms with Crippen molar-refractivity contribution >= 4 is 29.1 Å². The lowest BCUT2D eigenvalue weighted by molar-refractivity contribution is -0.140. The Hall–Kier alpha value is -2.83. The van der Waals surface area contributed by atoms with Gasteiger partial charge in [0.2, 0.25) is 0 Å². The number of nitrogens with zero attached hydrogens (tertiary/aromatic N) is 2. The van der Waals surface area contributed by atoms with E-state index in [0.717, 1.165) is 37.2 Å². The van der Waals surface area contributed by atoms with Crippen LogP contribution in [0.2, 0.25) is 5.02 Å². The molecule has 6 nitrogen and oxygen atoms in total. The third-order valence-corrected chi connectivity index (χ3v) is 7.20. The molecule has 1 aliphatic rings. The van der Waals surface area contributed by atoms with E-state index in [1.54, 1.807) is 23.1 Å². The summed E-state index contributed by atoms with van der Waals surface area (Å²) in [6.07, 6.45) is 0.722. The Labute approximate surface area is 225 Å². The molecule has 0 aromatic heterocycles. The van der Waals surface area contributed by atoms with Crippen LogP contribution in [-0.4, -0.2) is 59.4 Å². The molecular formula is C30H39ClN2O4. The molecule has 0 spiro atoms. The van der Waals surface area contributed by atoms with E-state index in [2.05, 4.69) is 39.5 Å². The molecular weight excluding hydrogens is 488 g/mol. The fourth-order valence-corrected chi connectivity index (χ4v) is 4.94. The van der Waals surface area contributed by atoms with Crippen molar-refractivity contribution in [2.24, 2.45) is 0 Å². The van der Waals surface area contributed by atoms with Crippen molar-refractivity contribution in [1.82, 2.24) is 9.80 Å². The van der Waals surface area contributed by atoms with E-state index in [-0.39, 0.29) is 16.7 Å². The van der Waals surface area contributed by atoms with E-state index in [1.165, 1.54) is 0 Å². The molecule has 0 unspecified atom stereocenters. The normalized spacial score (nSPS) is 17.6. The maximum Gasteiger partial charge on any atom is 0.295 e. The van der Waals surface area contributed by atoms with Crippen LogP contribution in [-0.2, 0) is 15.0 Å². The Morgan fingerprint density at radius 3 is 2.24 bits per heavy atom. The molecule has 1 amide bonds. The molecule has 7 heteroatoms. The first-order chi connectivity index (χ1) is 17.5. The Balaban J connectivity index is 2.07. The lowest BCUT2D eigenvalue weighted by Crippen LogP contribution is -2.33. The summed E-state index contributed by atoms with van der Waals surface area (Å²) in [6, 6.07) is 12.2. The van der Waals surface area contributed by atoms with Gasteiger partial charge in [0.1, 0.15) is 11.5 Å². The lowest BCUT2D eigenvalue weighted by Gasteiger charge is -2.27. The molecule has 1 atom stereocenters. The van der Waals surface area contributed by atoms with Gasteiger partial charge in [0.25, 0.3) is 11.7 Å². The van der Waals surface area contributed by atoms with Crippen LogP contribution in [0.1, 0.15) is 70.7 Å². The summed E-state index contributed by atoms with van der Waals surface area (Å²) < 4.78 is 5.50. The number of ketones is 1. The van der Waals surface area contributed by atoms with Crippen molar-refractivity contribution < 1.29 is 19.4 Å². The van der Waals surface area contributed by atoms with Crippen LogP contribution < -0.4 is 4.74 Å². The van der Waals surface area contributed by atoms with Gasteiger partial charge in [-0.05, 0) is 67.7 Å². The third kappa shape index (κ3) is 6.36. The highest BCUT2D eigenvalue weighted by Gasteiger charge is 2.45. The predicted octanol–water partition coefficient (Wildman–Crippen LogP) is 6.19. The number of Topliss-reactive ketones (excluding diaryl/α,β-unsaturated/α-hetero) is 1. The van der Waals surface area contributed by atoms with Gasteiger partial charge in [0, 0.05) is 12.1 Å². The minimum absolute atomic E-state index is 0.0385. The summed E-state index contributed by atoms with van der Waals surface area (Å²) in [7, 11) is 0. The van der Waals surface area contributed by atoms with E-state index in [1.807, 2.05) is 31.2 Å². The molecule has 1 saturated heterocycles. The summed E-state index contributed by atoms with van der Waals surface area (Å²) in [5, 5.41) is 11.7. The topological polar surface area (TPSA) is 70.1 Å². The van der Waals surface area contributed by atoms with Crippen LogP contribution in [0, 0.1) is 0 Å². The van der Waals surface area contributed by atoms with Crippen molar-refractivity contribution in [3.8, 4) is 5.75 Å². The molecule has 0 saturated carbocycles. The quantitative estimate of drug-likeness (QED) is 0.227. The lowest BCUT2D eigenvalue weighted by atomic mass is 9.85. The number of carbonyl (C=O) groups excluding carboxylic acids is 2. The van der Waals surface area contributed by atoms with Gasteiger partial charge in [-0.25, -0.2) is 0 Å². The zero-order valence-corrected chi connectivity index (χ0v) is 23.6. The van der Waals surface area contributed by atoms with Gasteiger partial charge in [0.05, 0.1) is 23.2 Å². The van der Waals surface area contributed by atoms with Crippen LogP contribution in [0.25, 0.3) is 5.76 Å². The molecule has 0 bridgehead atoms. The Kier molecular flexibility index (Phi) is 9.43. The van der Waals surface area contributed by atoms with Crippen molar-refractivity contribution in [3.05, 3.63) is 69.8 Å². The van der Waals surface area contributed by atoms with Crippen LogP contribution in [0.4, 0.5) is 0 Å². The van der Waals surface area contributed by atoms with E-state index in [4.69, 9.17) is 16.3 Å². The molecule has 0 radical (unpaired) electrons. The number of rotatable bonds is 10. The van der Waals surface area contributed by atoms with E-state index >= 15 is 0 Å². The molecule has 1 aliphatic heterocycles. The minimum Gasteiger partial charge on any atom is -0.507 e. The maximum atomic E-state index is 13.3. The molecule has 2 aromatic rings. The van der Waals surface area contributed by atoms with Gasteiger partial charge < -0.3 is 19.6 Å². The van der Waals surface area contributed by atoms with Crippen LogP contribution in [0.5, 0.6) is 5.75 Å². The maximum absolute atomic E-state index is 13.3. The van der Waals surface area contributed by atoms with Crippen molar-refractivity contribution in [2.75, 3.05) is 32.8 Å². The fraction of sp³-hybridized carbons (Fsp3) is 0.467. The van der Waals surface area contributed by atoms with Gasteiger partial charge in [-0.1, -0.05) is 70.5 Å². The van der Waals surface area contributed by atoms with E-state index in [9.17, 15) is 14.7 Å². The predicted molar refractivity (Wildman–Crippen MR) is 149 cm³/mol. The number of hydrogen-bond donors (Lipinski definition) is 1. The van der Waals surface area contributed by atoms with Crippen molar-refractivity contribution in [2.45, 2.75) is 59.4 Å². The first-order valence-electron chi connectivity index (χ1n) is 13.1. The molecule has 37 heavy (non-hydrogen) atoms. The second-order valence-corrected chi connectivity index (χ2v) is 10.7. The summed E-state index contributed by atoms with van der Waals surface area (Å²) in [4.78, 5) is 30.5. The largest absolute Gasteiger partial charge is 0.507 e. The number of likely N-dealkylation sites (tertiary alicyclic amines) is 1. The number of aliphatic hydroxyl groups excluding tert-OH is 1. The zero-order valence-electron chi connectivity index (χ0n) is 22.8. The van der Waals surface area contributed by atoms with Gasteiger partial charge >= 0.3 is 0 Å². The second kappa shape index (κ2) is 12.1. The average molecular weight is 527 g/mol. The second-order valence-electron chi connectivity index (χ2n) is 10.3. The van der Waals surface area contributed by atoms with Crippen LogP contribution in [0.3, 0.4) is 0 Å². The Bertz CT molecular complexity index is 1150. The first-order valence-corrected chi connectivity index (χ1v) is 13.4. The number of halogens is 1. The van der Waals surface area contributed by atoms with E-state index in [0.29, 0.717) is 29.5 Å². The fourth-order valence-electron chi connectivity index (χ4n) is 4.70. The van der Waals surface area contributed by atoms with Crippen molar-refractivity contribution in [3.63, 3.8) is 0 Å². The number of aliphatic hydroxyl groups is 1. The Morgan fingerprint density at radius 2 is 1.70 bits per heavy atom. The average Bonchev–Trinajstić information content (AvgIpc) is 3.12. The van der Waals surface area contributed by atoms with Gasteiger partial charge in [-0.2, -0.15) is 0 Å². The number of amides is 1. The smallest absolute Gasteiger partial charge is 0.295 e. The van der Waals surface area contributed by atoms with Gasteiger partial charge in [0.15, 0.2) is 0 Å². The van der Waals surface area contributed by atoms with Crippen molar-refractivity contribution in [1.29, 1.82) is 0 Å². The standard InChI is InChI=1S/C30H39ClN2O4/c1-7-32(8-2)17-10-18-33-26(20-11-14-22(15-12-20)30(4,5)6)25(28(35)29(33)36)27(34)21-13-16-24(37-9-3)23(31)19-21/h11-16,19,26,34H,7-10,17-18H2,1-6H3/t26-/m1/s1. The summed E-state index contributed by atoms with van der Waals surface area (Å²) in [5.41, 5.74) is 2.34. The monoisotopic (exact) mass is 526 g/mol. The highest BCUT2D eigenvalue weighted by molar-refractivity contribution is 6.46. The molecule has 1 N–H and O–H groups in total. The molecule has 200 valence electrons. The summed E-state index contributed by atoms with van der Waals surface area (Å²) >= 11 is 6.37. The number of benzene rings is 2. The SMILES string of the molecule is CCOc1ccc(C(O)=C2C(=O)C(=O)N(CCCN(CC)CC)[C@@H]2c2ccc(C(C)(C)C)cc2)cc1Cl.